The summed E-state index contributed by atoms with van der Waals surface area (Å²) >= 11 is 0. The summed E-state index contributed by atoms with van der Waals surface area (Å²) in [5.41, 5.74) is 6.00. The van der Waals surface area contributed by atoms with Gasteiger partial charge in [-0.2, -0.15) is 0 Å². The summed E-state index contributed by atoms with van der Waals surface area (Å²) in [6, 6.07) is 0.216. The smallest absolute Gasteiger partial charge is 0.251 e. The van der Waals surface area contributed by atoms with Crippen molar-refractivity contribution < 1.29 is 19.5 Å². The van der Waals surface area contributed by atoms with Gasteiger partial charge in [0.15, 0.2) is 11.6 Å². The average molecular weight is 362 g/mol. The van der Waals surface area contributed by atoms with E-state index in [9.17, 15) is 19.5 Å². The van der Waals surface area contributed by atoms with E-state index in [0.717, 1.165) is 25.7 Å². The number of Topliss-reactive ketones (excluding diaryl/α,β-unsaturated/α-hetero) is 2. The van der Waals surface area contributed by atoms with E-state index in [1.165, 1.54) is 6.92 Å². The lowest BCUT2D eigenvalue weighted by molar-refractivity contribution is -0.139. The van der Waals surface area contributed by atoms with E-state index in [-0.39, 0.29) is 36.5 Å². The third kappa shape index (κ3) is 4.30. The van der Waals surface area contributed by atoms with Gasteiger partial charge >= 0.3 is 0 Å². The fraction of sp³-hybridized carbons (Fsp3) is 0.650. The molecule has 2 aliphatic rings. The lowest BCUT2D eigenvalue weighted by Crippen LogP contribution is -2.50. The predicted octanol–water partition coefficient (Wildman–Crippen LogP) is 1.71. The average Bonchev–Trinajstić information content (AvgIpc) is 2.60. The van der Waals surface area contributed by atoms with Gasteiger partial charge in [-0.05, 0) is 66.2 Å². The van der Waals surface area contributed by atoms with Gasteiger partial charge in [0.2, 0.25) is 0 Å². The number of aliphatic hydroxyl groups is 1. The van der Waals surface area contributed by atoms with Crippen LogP contribution >= 0.6 is 0 Å². The van der Waals surface area contributed by atoms with Gasteiger partial charge < -0.3 is 16.2 Å². The lowest BCUT2D eigenvalue weighted by atomic mass is 9.82. The summed E-state index contributed by atoms with van der Waals surface area (Å²) in [4.78, 5) is 37.1. The lowest BCUT2D eigenvalue weighted by Gasteiger charge is -2.30. The molecule has 144 valence electrons. The molecular weight excluding hydrogens is 332 g/mol. The van der Waals surface area contributed by atoms with E-state index in [1.807, 2.05) is 0 Å². The Morgan fingerprint density at radius 2 is 1.62 bits per heavy atom. The second-order valence-electron chi connectivity index (χ2n) is 7.87. The van der Waals surface area contributed by atoms with Crippen molar-refractivity contribution in [2.24, 2.45) is 5.73 Å². The molecule has 0 radical (unpaired) electrons. The van der Waals surface area contributed by atoms with Crippen LogP contribution in [0.5, 0.6) is 0 Å². The number of rotatable bonds is 5. The topological polar surface area (TPSA) is 109 Å². The highest BCUT2D eigenvalue weighted by atomic mass is 16.3. The first-order valence-corrected chi connectivity index (χ1v) is 9.30. The van der Waals surface area contributed by atoms with Crippen LogP contribution in [-0.2, 0) is 14.4 Å². The molecule has 0 spiro atoms. The zero-order valence-electron chi connectivity index (χ0n) is 16.1. The third-order valence-electron chi connectivity index (χ3n) is 5.77. The van der Waals surface area contributed by atoms with E-state index in [2.05, 4.69) is 5.32 Å². The normalized spacial score (nSPS) is 26.8. The number of allylic oxidation sites excluding steroid dienone is 4. The zero-order valence-corrected chi connectivity index (χ0v) is 16.1. The zero-order chi connectivity index (χ0) is 19.6. The molecule has 4 N–H and O–H groups in total. The Morgan fingerprint density at radius 3 is 2.19 bits per heavy atom. The SMILES string of the molecule is CC1=C(C)C(=O)C(CC[C@@](C)(O)C(=O)N[C@H]2CC[C@H](N)CC2)=C(C)C1=O. The van der Waals surface area contributed by atoms with Crippen LogP contribution in [0.4, 0.5) is 0 Å². The molecule has 0 aromatic rings. The minimum atomic E-state index is -1.60. The number of nitrogens with two attached hydrogens (primary N) is 1. The molecule has 2 aliphatic carbocycles. The molecule has 6 nitrogen and oxygen atoms in total. The van der Waals surface area contributed by atoms with E-state index in [1.54, 1.807) is 20.8 Å². The monoisotopic (exact) mass is 362 g/mol. The number of carbonyl (C=O) groups excluding carboxylic acids is 3. The van der Waals surface area contributed by atoms with Gasteiger partial charge in [-0.1, -0.05) is 0 Å². The molecule has 1 amide bonds. The molecule has 26 heavy (non-hydrogen) atoms. The van der Waals surface area contributed by atoms with Crippen LogP contribution in [0.2, 0.25) is 0 Å². The van der Waals surface area contributed by atoms with E-state index >= 15 is 0 Å². The molecule has 1 atom stereocenters. The quantitative estimate of drug-likeness (QED) is 0.645. The Morgan fingerprint density at radius 1 is 1.08 bits per heavy atom. The Balaban J connectivity index is 2.00. The fourth-order valence-electron chi connectivity index (χ4n) is 3.54. The molecule has 0 unspecified atom stereocenters. The van der Waals surface area contributed by atoms with Crippen molar-refractivity contribution in [3.8, 4) is 0 Å². The first-order chi connectivity index (χ1) is 12.0. The second-order valence-corrected chi connectivity index (χ2v) is 7.87. The summed E-state index contributed by atoms with van der Waals surface area (Å²) in [7, 11) is 0. The minimum Gasteiger partial charge on any atom is -0.380 e. The molecule has 0 aromatic heterocycles. The Hall–Kier alpha value is -1.79. The number of nitrogens with one attached hydrogen (secondary N) is 1. The standard InChI is InChI=1S/C20H30N2O4/c1-11-12(2)18(24)16(13(3)17(11)23)9-10-20(4,26)19(25)22-15-7-5-14(21)6-8-15/h14-15,26H,5-10,21H2,1-4H3,(H,22,25)/t14-,15-,20-/m1/s1. The number of amides is 1. The number of carbonyl (C=O) groups is 3. The van der Waals surface area contributed by atoms with Gasteiger partial charge in [0.05, 0.1) is 0 Å². The number of ketones is 2. The van der Waals surface area contributed by atoms with Crippen molar-refractivity contribution in [3.05, 3.63) is 22.3 Å². The van der Waals surface area contributed by atoms with E-state index in [4.69, 9.17) is 5.73 Å². The molecule has 0 heterocycles. The van der Waals surface area contributed by atoms with Crippen LogP contribution in [0.1, 0.15) is 66.2 Å². The fourth-order valence-corrected chi connectivity index (χ4v) is 3.54. The minimum absolute atomic E-state index is 0.0282. The summed E-state index contributed by atoms with van der Waals surface area (Å²) in [5.74, 6) is -0.744. The molecule has 2 rings (SSSR count). The molecule has 6 heteroatoms. The molecule has 0 saturated heterocycles. The molecule has 1 fully saturated rings. The Bertz CT molecular complexity index is 680. The van der Waals surface area contributed by atoms with Crippen molar-refractivity contribution in [2.45, 2.75) is 83.9 Å². The molecular formula is C20H30N2O4. The molecule has 0 bridgehead atoms. The van der Waals surface area contributed by atoms with Crippen molar-refractivity contribution in [3.63, 3.8) is 0 Å². The van der Waals surface area contributed by atoms with E-state index in [0.29, 0.717) is 22.3 Å². The van der Waals surface area contributed by atoms with Gasteiger partial charge in [-0.25, -0.2) is 0 Å². The van der Waals surface area contributed by atoms with Crippen LogP contribution in [0.3, 0.4) is 0 Å². The highest BCUT2D eigenvalue weighted by Crippen LogP contribution is 2.29. The van der Waals surface area contributed by atoms with Crippen molar-refractivity contribution in [2.75, 3.05) is 0 Å². The molecule has 0 aromatic carbocycles. The van der Waals surface area contributed by atoms with E-state index < -0.39 is 11.5 Å². The van der Waals surface area contributed by atoms with Crippen LogP contribution in [0, 0.1) is 0 Å². The summed E-state index contributed by atoms with van der Waals surface area (Å²) < 4.78 is 0. The summed E-state index contributed by atoms with van der Waals surface area (Å²) in [5, 5.41) is 13.5. The summed E-state index contributed by atoms with van der Waals surface area (Å²) in [6.07, 6.45) is 3.62. The predicted molar refractivity (Wildman–Crippen MR) is 99.3 cm³/mol. The van der Waals surface area contributed by atoms with Crippen molar-refractivity contribution >= 4 is 17.5 Å². The van der Waals surface area contributed by atoms with Crippen LogP contribution in [0.25, 0.3) is 0 Å². The maximum Gasteiger partial charge on any atom is 0.251 e. The van der Waals surface area contributed by atoms with Crippen LogP contribution in [0.15, 0.2) is 22.3 Å². The third-order valence-corrected chi connectivity index (χ3v) is 5.77. The highest BCUT2D eigenvalue weighted by Gasteiger charge is 2.35. The van der Waals surface area contributed by atoms with Gasteiger partial charge in [0, 0.05) is 34.4 Å². The Labute approximate surface area is 154 Å². The highest BCUT2D eigenvalue weighted by molar-refractivity contribution is 6.24. The molecule has 0 aliphatic heterocycles. The largest absolute Gasteiger partial charge is 0.380 e. The van der Waals surface area contributed by atoms with Crippen LogP contribution < -0.4 is 11.1 Å². The summed E-state index contributed by atoms with van der Waals surface area (Å²) in [6.45, 7) is 6.37. The number of hydrogen-bond donors (Lipinski definition) is 3. The first-order valence-electron chi connectivity index (χ1n) is 9.30. The second kappa shape index (κ2) is 7.84. The van der Waals surface area contributed by atoms with Crippen molar-refractivity contribution in [1.29, 1.82) is 0 Å². The Kier molecular flexibility index (Phi) is 6.19. The van der Waals surface area contributed by atoms with Crippen LogP contribution in [-0.4, -0.2) is 40.3 Å². The molecule has 1 saturated carbocycles. The number of hydrogen-bond acceptors (Lipinski definition) is 5. The van der Waals surface area contributed by atoms with Crippen molar-refractivity contribution in [1.82, 2.24) is 5.32 Å². The van der Waals surface area contributed by atoms with Gasteiger partial charge in [0.25, 0.3) is 5.91 Å². The van der Waals surface area contributed by atoms with Gasteiger partial charge in [-0.3, -0.25) is 14.4 Å². The van der Waals surface area contributed by atoms with Gasteiger partial charge in [0.1, 0.15) is 5.60 Å². The maximum atomic E-state index is 12.5. The van der Waals surface area contributed by atoms with Gasteiger partial charge in [-0.15, -0.1) is 0 Å². The first kappa shape index (κ1) is 20.5. The maximum absolute atomic E-state index is 12.5.